The number of nitrogens with zero attached hydrogens (tertiary/aromatic N) is 3. The van der Waals surface area contributed by atoms with Crippen molar-refractivity contribution in [3.05, 3.63) is 41.5 Å². The summed E-state index contributed by atoms with van der Waals surface area (Å²) in [5.41, 5.74) is 2.10. The van der Waals surface area contributed by atoms with Gasteiger partial charge in [-0.1, -0.05) is 23.4 Å². The Bertz CT molecular complexity index is 624. The van der Waals surface area contributed by atoms with E-state index in [-0.39, 0.29) is 5.91 Å². The Morgan fingerprint density at radius 3 is 3.05 bits per heavy atom. The summed E-state index contributed by atoms with van der Waals surface area (Å²) in [6.45, 7) is 0.598. The van der Waals surface area contributed by atoms with Crippen molar-refractivity contribution < 1.29 is 14.1 Å². The van der Waals surface area contributed by atoms with E-state index in [0.717, 1.165) is 12.1 Å². The molecule has 6 heteroatoms. The van der Waals surface area contributed by atoms with Crippen molar-refractivity contribution in [2.24, 2.45) is 0 Å². The second-order valence-corrected chi connectivity index (χ2v) is 4.65. The summed E-state index contributed by atoms with van der Waals surface area (Å²) in [4.78, 5) is 18.0. The van der Waals surface area contributed by atoms with Gasteiger partial charge in [0.2, 0.25) is 11.8 Å². The summed E-state index contributed by atoms with van der Waals surface area (Å²) >= 11 is 0. The number of benzene rings is 1. The molecule has 0 unspecified atom stereocenters. The Labute approximate surface area is 116 Å². The summed E-state index contributed by atoms with van der Waals surface area (Å²) in [5.74, 6) is 0.984. The quantitative estimate of drug-likeness (QED) is 0.848. The van der Waals surface area contributed by atoms with E-state index in [0.29, 0.717) is 31.3 Å². The molecule has 2 aromatic rings. The van der Waals surface area contributed by atoms with Gasteiger partial charge in [-0.2, -0.15) is 4.98 Å². The SMILES string of the molecule is COCc1noc(CN2C(=O)CCc3ccccc32)n1. The van der Waals surface area contributed by atoms with Crippen molar-refractivity contribution in [2.75, 3.05) is 12.0 Å². The van der Waals surface area contributed by atoms with Gasteiger partial charge >= 0.3 is 0 Å². The van der Waals surface area contributed by atoms with E-state index in [1.54, 1.807) is 12.0 Å². The number of para-hydroxylation sites is 1. The zero-order chi connectivity index (χ0) is 13.9. The van der Waals surface area contributed by atoms with Crippen LogP contribution in [-0.2, 0) is 29.1 Å². The number of fused-ring (bicyclic) bond motifs is 1. The van der Waals surface area contributed by atoms with Gasteiger partial charge in [0.05, 0.1) is 0 Å². The normalized spacial score (nSPS) is 14.4. The lowest BCUT2D eigenvalue weighted by Crippen LogP contribution is -2.34. The second-order valence-electron chi connectivity index (χ2n) is 4.65. The van der Waals surface area contributed by atoms with Crippen LogP contribution in [0.2, 0.25) is 0 Å². The van der Waals surface area contributed by atoms with Crippen LogP contribution in [0.25, 0.3) is 0 Å². The van der Waals surface area contributed by atoms with Crippen LogP contribution in [0.5, 0.6) is 0 Å². The van der Waals surface area contributed by atoms with Crippen molar-refractivity contribution in [3.8, 4) is 0 Å². The lowest BCUT2D eigenvalue weighted by molar-refractivity contribution is -0.119. The van der Waals surface area contributed by atoms with E-state index in [9.17, 15) is 4.79 Å². The molecule has 0 fully saturated rings. The monoisotopic (exact) mass is 273 g/mol. The minimum atomic E-state index is 0.0789. The lowest BCUT2D eigenvalue weighted by atomic mass is 10.0. The summed E-state index contributed by atoms with van der Waals surface area (Å²) < 4.78 is 10.1. The maximum atomic E-state index is 12.1. The van der Waals surface area contributed by atoms with Crippen LogP contribution in [0.4, 0.5) is 5.69 Å². The lowest BCUT2D eigenvalue weighted by Gasteiger charge is -2.28. The topological polar surface area (TPSA) is 68.5 Å². The Morgan fingerprint density at radius 2 is 2.20 bits per heavy atom. The predicted molar refractivity (Wildman–Crippen MR) is 71.0 cm³/mol. The molecule has 0 saturated carbocycles. The van der Waals surface area contributed by atoms with Gasteiger partial charge in [0.1, 0.15) is 13.2 Å². The van der Waals surface area contributed by atoms with Crippen molar-refractivity contribution in [3.63, 3.8) is 0 Å². The molecule has 2 heterocycles. The van der Waals surface area contributed by atoms with E-state index in [1.165, 1.54) is 5.56 Å². The number of carbonyl (C=O) groups is 1. The Balaban J connectivity index is 1.83. The van der Waals surface area contributed by atoms with Gasteiger partial charge in [-0.3, -0.25) is 4.79 Å². The molecule has 0 N–H and O–H groups in total. The molecule has 0 spiro atoms. The highest BCUT2D eigenvalue weighted by Crippen LogP contribution is 2.28. The smallest absolute Gasteiger partial charge is 0.246 e. The van der Waals surface area contributed by atoms with Crippen molar-refractivity contribution in [1.29, 1.82) is 0 Å². The molecule has 20 heavy (non-hydrogen) atoms. The predicted octanol–water partition coefficient (Wildman–Crippen LogP) is 1.70. The molecule has 1 aromatic carbocycles. The van der Waals surface area contributed by atoms with Crippen LogP contribution in [0.15, 0.2) is 28.8 Å². The highest BCUT2D eigenvalue weighted by atomic mass is 16.5. The molecule has 1 aliphatic heterocycles. The maximum Gasteiger partial charge on any atom is 0.246 e. The van der Waals surface area contributed by atoms with Gasteiger partial charge < -0.3 is 14.2 Å². The summed E-state index contributed by atoms with van der Waals surface area (Å²) in [6, 6.07) is 7.89. The van der Waals surface area contributed by atoms with Crippen LogP contribution in [0, 0.1) is 0 Å². The molecule has 1 aliphatic rings. The first kappa shape index (κ1) is 12.8. The molecule has 1 amide bonds. The highest BCUT2D eigenvalue weighted by molar-refractivity contribution is 5.96. The van der Waals surface area contributed by atoms with Gasteiger partial charge in [0.25, 0.3) is 0 Å². The van der Waals surface area contributed by atoms with Crippen molar-refractivity contribution in [1.82, 2.24) is 10.1 Å². The van der Waals surface area contributed by atoms with Gasteiger partial charge in [-0.25, -0.2) is 0 Å². The van der Waals surface area contributed by atoms with Crippen LogP contribution in [0.1, 0.15) is 23.7 Å². The van der Waals surface area contributed by atoms with Gasteiger partial charge in [-0.05, 0) is 18.1 Å². The summed E-state index contributed by atoms with van der Waals surface area (Å²) in [6.07, 6.45) is 1.29. The zero-order valence-electron chi connectivity index (χ0n) is 11.2. The average Bonchev–Trinajstić information content (AvgIpc) is 2.90. The fraction of sp³-hybridized carbons (Fsp3) is 0.357. The molecule has 3 rings (SSSR count). The number of hydrogen-bond donors (Lipinski definition) is 0. The molecule has 1 aromatic heterocycles. The largest absolute Gasteiger partial charge is 0.377 e. The third-order valence-corrected chi connectivity index (χ3v) is 3.27. The second kappa shape index (κ2) is 5.42. The molecule has 0 saturated heterocycles. The zero-order valence-corrected chi connectivity index (χ0v) is 11.2. The number of aromatic nitrogens is 2. The minimum Gasteiger partial charge on any atom is -0.377 e. The number of rotatable bonds is 4. The highest BCUT2D eigenvalue weighted by Gasteiger charge is 2.25. The first-order valence-corrected chi connectivity index (χ1v) is 6.46. The van der Waals surface area contributed by atoms with Crippen molar-refractivity contribution in [2.45, 2.75) is 26.0 Å². The van der Waals surface area contributed by atoms with Crippen LogP contribution in [-0.4, -0.2) is 23.2 Å². The Kier molecular flexibility index (Phi) is 3.47. The number of methoxy groups -OCH3 is 1. The number of hydrogen-bond acceptors (Lipinski definition) is 5. The van der Waals surface area contributed by atoms with Crippen LogP contribution < -0.4 is 4.90 Å². The average molecular weight is 273 g/mol. The molecular formula is C14H15N3O3. The summed E-state index contributed by atoms with van der Waals surface area (Å²) in [5, 5.41) is 3.80. The van der Waals surface area contributed by atoms with E-state index >= 15 is 0 Å². The van der Waals surface area contributed by atoms with Crippen LogP contribution in [0.3, 0.4) is 0 Å². The standard InChI is InChI=1S/C14H15N3O3/c1-19-9-12-15-13(20-16-12)8-17-11-5-3-2-4-10(11)6-7-14(17)18/h2-5H,6-9H2,1H3. The molecule has 0 radical (unpaired) electrons. The third-order valence-electron chi connectivity index (χ3n) is 3.27. The molecule has 0 bridgehead atoms. The first-order chi connectivity index (χ1) is 9.78. The maximum absolute atomic E-state index is 12.1. The number of amides is 1. The van der Waals surface area contributed by atoms with Gasteiger partial charge in [0, 0.05) is 19.2 Å². The van der Waals surface area contributed by atoms with E-state index in [2.05, 4.69) is 10.1 Å². The van der Waals surface area contributed by atoms with E-state index < -0.39 is 0 Å². The molecular weight excluding hydrogens is 258 g/mol. The Morgan fingerprint density at radius 1 is 1.35 bits per heavy atom. The molecule has 6 nitrogen and oxygen atoms in total. The third kappa shape index (κ3) is 2.42. The van der Waals surface area contributed by atoms with E-state index in [4.69, 9.17) is 9.26 Å². The molecule has 104 valence electrons. The number of aryl methyl sites for hydroxylation is 1. The molecule has 0 aliphatic carbocycles. The number of anilines is 1. The first-order valence-electron chi connectivity index (χ1n) is 6.46. The summed E-state index contributed by atoms with van der Waals surface area (Å²) in [7, 11) is 1.57. The van der Waals surface area contributed by atoms with Crippen LogP contribution >= 0.6 is 0 Å². The Hall–Kier alpha value is -2.21. The van der Waals surface area contributed by atoms with Crippen molar-refractivity contribution >= 4 is 11.6 Å². The number of ether oxygens (including phenoxy) is 1. The fourth-order valence-electron chi connectivity index (χ4n) is 2.35. The minimum absolute atomic E-state index is 0.0789. The van der Waals surface area contributed by atoms with Gasteiger partial charge in [-0.15, -0.1) is 0 Å². The van der Waals surface area contributed by atoms with E-state index in [1.807, 2.05) is 24.3 Å². The van der Waals surface area contributed by atoms with Gasteiger partial charge in [0.15, 0.2) is 5.82 Å². The molecule has 0 atom stereocenters. The number of carbonyl (C=O) groups excluding carboxylic acids is 1. The fourth-order valence-corrected chi connectivity index (χ4v) is 2.35.